The van der Waals surface area contributed by atoms with Crippen molar-refractivity contribution >= 4 is 41.0 Å². The molecule has 0 aromatic heterocycles. The molecule has 1 aromatic carbocycles. The standard InChI is InChI=1S/C15H18Cl2N2O4/c1-8(2)5-12(15(22)23)19(13(20)7-18)14(21)10-6-9(16)3-4-11(10)17/h3-4,6,8,12H,5,7,18H2,1-2H3,(H,22,23)/t12-/m0/s1. The van der Waals surface area contributed by atoms with Crippen LogP contribution in [-0.2, 0) is 9.59 Å². The first-order valence-electron chi connectivity index (χ1n) is 6.93. The molecule has 2 amide bonds. The Hall–Kier alpha value is -1.63. The predicted octanol–water partition coefficient (Wildman–Crippen LogP) is 2.42. The molecule has 1 aromatic rings. The highest BCUT2D eigenvalue weighted by Crippen LogP contribution is 2.24. The summed E-state index contributed by atoms with van der Waals surface area (Å²) in [6.45, 7) is 3.08. The van der Waals surface area contributed by atoms with E-state index in [9.17, 15) is 19.5 Å². The number of amides is 2. The van der Waals surface area contributed by atoms with E-state index in [-0.39, 0.29) is 27.9 Å². The van der Waals surface area contributed by atoms with Gasteiger partial charge in [0, 0.05) is 5.02 Å². The highest BCUT2D eigenvalue weighted by molar-refractivity contribution is 6.36. The molecule has 126 valence electrons. The fourth-order valence-electron chi connectivity index (χ4n) is 2.08. The van der Waals surface area contributed by atoms with Crippen LogP contribution in [0, 0.1) is 5.92 Å². The van der Waals surface area contributed by atoms with Crippen molar-refractivity contribution in [1.29, 1.82) is 0 Å². The van der Waals surface area contributed by atoms with Crippen LogP contribution in [0.3, 0.4) is 0 Å². The number of carboxylic acid groups (broad SMARTS) is 1. The maximum Gasteiger partial charge on any atom is 0.326 e. The Morgan fingerprint density at radius 1 is 1.26 bits per heavy atom. The molecule has 8 heteroatoms. The van der Waals surface area contributed by atoms with Crippen molar-refractivity contribution < 1.29 is 19.5 Å². The van der Waals surface area contributed by atoms with Crippen molar-refractivity contribution in [3.8, 4) is 0 Å². The number of nitrogens with zero attached hydrogens (tertiary/aromatic N) is 1. The zero-order valence-electron chi connectivity index (χ0n) is 12.8. The molecule has 0 radical (unpaired) electrons. The molecule has 0 aliphatic carbocycles. The van der Waals surface area contributed by atoms with Crippen molar-refractivity contribution in [2.75, 3.05) is 6.54 Å². The number of nitrogens with two attached hydrogens (primary N) is 1. The van der Waals surface area contributed by atoms with Crippen LogP contribution >= 0.6 is 23.2 Å². The summed E-state index contributed by atoms with van der Waals surface area (Å²) < 4.78 is 0. The molecule has 0 aliphatic heterocycles. The van der Waals surface area contributed by atoms with E-state index in [0.29, 0.717) is 4.90 Å². The lowest BCUT2D eigenvalue weighted by molar-refractivity contribution is -0.148. The normalized spacial score (nSPS) is 12.1. The van der Waals surface area contributed by atoms with E-state index in [1.54, 1.807) is 13.8 Å². The highest BCUT2D eigenvalue weighted by atomic mass is 35.5. The summed E-state index contributed by atoms with van der Waals surface area (Å²) in [6.07, 6.45) is 0.102. The Balaban J connectivity index is 3.34. The van der Waals surface area contributed by atoms with Gasteiger partial charge in [-0.1, -0.05) is 37.0 Å². The number of halogens is 2. The molecule has 0 heterocycles. The zero-order chi connectivity index (χ0) is 17.7. The Kier molecular flexibility index (Phi) is 7.00. The summed E-state index contributed by atoms with van der Waals surface area (Å²) >= 11 is 11.8. The molecular formula is C15H18Cl2N2O4. The van der Waals surface area contributed by atoms with Crippen LogP contribution in [-0.4, -0.2) is 40.4 Å². The van der Waals surface area contributed by atoms with Gasteiger partial charge in [0.1, 0.15) is 6.04 Å². The van der Waals surface area contributed by atoms with E-state index in [0.717, 1.165) is 0 Å². The molecule has 0 fully saturated rings. The summed E-state index contributed by atoms with van der Waals surface area (Å²) in [5, 5.41) is 9.73. The van der Waals surface area contributed by atoms with Crippen molar-refractivity contribution in [2.45, 2.75) is 26.3 Å². The number of carboxylic acids is 1. The van der Waals surface area contributed by atoms with Crippen LogP contribution in [0.5, 0.6) is 0 Å². The first kappa shape index (κ1) is 19.4. The van der Waals surface area contributed by atoms with Gasteiger partial charge < -0.3 is 10.8 Å². The third-order valence-corrected chi connectivity index (χ3v) is 3.68. The molecule has 6 nitrogen and oxygen atoms in total. The van der Waals surface area contributed by atoms with Crippen molar-refractivity contribution in [3.05, 3.63) is 33.8 Å². The van der Waals surface area contributed by atoms with Gasteiger partial charge in [-0.2, -0.15) is 0 Å². The average Bonchev–Trinajstić information content (AvgIpc) is 2.47. The number of carbonyl (C=O) groups excluding carboxylic acids is 2. The first-order chi connectivity index (χ1) is 10.7. The van der Waals surface area contributed by atoms with E-state index in [2.05, 4.69) is 0 Å². The third-order valence-electron chi connectivity index (χ3n) is 3.11. The highest BCUT2D eigenvalue weighted by Gasteiger charge is 2.35. The van der Waals surface area contributed by atoms with Gasteiger partial charge in [0.15, 0.2) is 0 Å². The number of benzene rings is 1. The Labute approximate surface area is 144 Å². The zero-order valence-corrected chi connectivity index (χ0v) is 14.3. The molecule has 0 spiro atoms. The number of hydrogen-bond donors (Lipinski definition) is 2. The average molecular weight is 361 g/mol. The quantitative estimate of drug-likeness (QED) is 0.810. The Morgan fingerprint density at radius 2 is 1.87 bits per heavy atom. The number of aliphatic carboxylic acids is 1. The summed E-state index contributed by atoms with van der Waals surface area (Å²) in [5.41, 5.74) is 5.28. The number of rotatable bonds is 6. The topological polar surface area (TPSA) is 101 Å². The summed E-state index contributed by atoms with van der Waals surface area (Å²) in [5.74, 6) is -2.96. The maximum atomic E-state index is 12.7. The SMILES string of the molecule is CC(C)C[C@@H](C(=O)O)N(C(=O)CN)C(=O)c1cc(Cl)ccc1Cl. The number of carbonyl (C=O) groups is 3. The molecule has 0 aliphatic rings. The lowest BCUT2D eigenvalue weighted by Crippen LogP contribution is -2.51. The van der Waals surface area contributed by atoms with Crippen LogP contribution in [0.25, 0.3) is 0 Å². The molecule has 0 saturated carbocycles. The molecule has 1 atom stereocenters. The van der Waals surface area contributed by atoms with Crippen LogP contribution < -0.4 is 5.73 Å². The van der Waals surface area contributed by atoms with Gasteiger partial charge in [-0.3, -0.25) is 14.5 Å². The molecule has 0 bridgehead atoms. The predicted molar refractivity (Wildman–Crippen MR) is 87.6 cm³/mol. The van der Waals surface area contributed by atoms with Crippen molar-refractivity contribution in [1.82, 2.24) is 4.90 Å². The van der Waals surface area contributed by atoms with Gasteiger partial charge >= 0.3 is 5.97 Å². The lowest BCUT2D eigenvalue weighted by atomic mass is 10.0. The maximum absolute atomic E-state index is 12.7. The second-order valence-corrected chi connectivity index (χ2v) is 6.22. The second kappa shape index (κ2) is 8.29. The fraction of sp³-hybridized carbons (Fsp3) is 0.400. The first-order valence-corrected chi connectivity index (χ1v) is 7.68. The lowest BCUT2D eigenvalue weighted by Gasteiger charge is -2.28. The molecule has 0 saturated heterocycles. The van der Waals surface area contributed by atoms with Crippen LogP contribution in [0.1, 0.15) is 30.6 Å². The van der Waals surface area contributed by atoms with Gasteiger partial charge in [0.25, 0.3) is 5.91 Å². The van der Waals surface area contributed by atoms with E-state index < -0.39 is 30.4 Å². The van der Waals surface area contributed by atoms with Crippen molar-refractivity contribution in [3.63, 3.8) is 0 Å². The van der Waals surface area contributed by atoms with E-state index >= 15 is 0 Å². The van der Waals surface area contributed by atoms with Crippen LogP contribution in [0.4, 0.5) is 0 Å². The minimum absolute atomic E-state index is 0.0454. The molecule has 3 N–H and O–H groups in total. The van der Waals surface area contributed by atoms with E-state index in [4.69, 9.17) is 28.9 Å². The van der Waals surface area contributed by atoms with Gasteiger partial charge in [0.05, 0.1) is 17.1 Å². The third kappa shape index (κ3) is 4.92. The largest absolute Gasteiger partial charge is 0.480 e. The monoisotopic (exact) mass is 360 g/mol. The van der Waals surface area contributed by atoms with Crippen LogP contribution in [0.15, 0.2) is 18.2 Å². The number of imide groups is 1. The summed E-state index contributed by atoms with van der Waals surface area (Å²) in [4.78, 5) is 37.0. The van der Waals surface area contributed by atoms with Gasteiger partial charge in [-0.25, -0.2) is 4.79 Å². The van der Waals surface area contributed by atoms with Crippen molar-refractivity contribution in [2.24, 2.45) is 11.7 Å². The van der Waals surface area contributed by atoms with Gasteiger partial charge in [-0.15, -0.1) is 0 Å². The Morgan fingerprint density at radius 3 is 2.35 bits per heavy atom. The minimum Gasteiger partial charge on any atom is -0.480 e. The summed E-state index contributed by atoms with van der Waals surface area (Å²) in [7, 11) is 0. The Bertz CT molecular complexity index is 619. The molecular weight excluding hydrogens is 343 g/mol. The van der Waals surface area contributed by atoms with Gasteiger partial charge in [-0.05, 0) is 30.5 Å². The fourth-order valence-corrected chi connectivity index (χ4v) is 2.45. The number of hydrogen-bond acceptors (Lipinski definition) is 4. The molecule has 0 unspecified atom stereocenters. The van der Waals surface area contributed by atoms with Crippen LogP contribution in [0.2, 0.25) is 10.0 Å². The molecule has 23 heavy (non-hydrogen) atoms. The van der Waals surface area contributed by atoms with E-state index in [1.165, 1.54) is 18.2 Å². The smallest absolute Gasteiger partial charge is 0.326 e. The molecule has 1 rings (SSSR count). The minimum atomic E-state index is -1.33. The van der Waals surface area contributed by atoms with Gasteiger partial charge in [0.2, 0.25) is 5.91 Å². The second-order valence-electron chi connectivity index (χ2n) is 5.38. The van der Waals surface area contributed by atoms with E-state index in [1.807, 2.05) is 0 Å². The summed E-state index contributed by atoms with van der Waals surface area (Å²) in [6, 6.07) is 2.85.